The number of rotatable bonds is 9. The summed E-state index contributed by atoms with van der Waals surface area (Å²) in [5, 5.41) is 11.9. The van der Waals surface area contributed by atoms with Crippen LogP contribution in [0.3, 0.4) is 0 Å². The fourth-order valence-corrected chi connectivity index (χ4v) is 9.23. The van der Waals surface area contributed by atoms with E-state index in [0.717, 1.165) is 94.5 Å². The van der Waals surface area contributed by atoms with Gasteiger partial charge in [-0.15, -0.1) is 0 Å². The molecule has 0 saturated carbocycles. The Kier molecular flexibility index (Phi) is 10.8. The van der Waals surface area contributed by atoms with Crippen LogP contribution in [0.15, 0.2) is 231 Å². The molecule has 0 radical (unpaired) electrons. The monoisotopic (exact) mass is 906 g/mol. The largest absolute Gasteiger partial charge is 0.308 e. The normalized spacial score (nSPS) is 11.1. The highest BCUT2D eigenvalue weighted by atomic mass is 15.1. The van der Waals surface area contributed by atoms with Crippen molar-refractivity contribution in [3.8, 4) is 102 Å². The Morgan fingerprint density at radius 3 is 1.35 bits per heavy atom. The molecule has 8 nitrogen and oxygen atoms in total. The molecular weight excluding hydrogens is 869 g/mol. The third kappa shape index (κ3) is 8.14. The zero-order chi connectivity index (χ0) is 47.7. The van der Waals surface area contributed by atoms with Crippen molar-refractivity contribution in [2.75, 3.05) is 0 Å². The van der Waals surface area contributed by atoms with Gasteiger partial charge in [0.25, 0.3) is 0 Å². The van der Waals surface area contributed by atoms with Crippen LogP contribution in [0.25, 0.3) is 123 Å². The Labute approximate surface area is 410 Å². The molecule has 0 aliphatic carbocycles. The fraction of sp³-hybridized carbons (Fsp3) is 0. The summed E-state index contributed by atoms with van der Waals surface area (Å²) in [4.78, 5) is 29.9. The molecule has 0 fully saturated rings. The van der Waals surface area contributed by atoms with Gasteiger partial charge in [-0.25, -0.2) is 29.8 Å². The van der Waals surface area contributed by atoms with Crippen molar-refractivity contribution in [1.29, 1.82) is 5.26 Å². The fourth-order valence-electron chi connectivity index (χ4n) is 9.23. The molecule has 12 rings (SSSR count). The molecule has 0 amide bonds. The van der Waals surface area contributed by atoms with E-state index in [1.54, 1.807) is 0 Å². The van der Waals surface area contributed by atoms with Gasteiger partial charge >= 0.3 is 0 Å². The smallest absolute Gasteiger partial charge is 0.187 e. The van der Waals surface area contributed by atoms with Gasteiger partial charge in [-0.05, 0) is 89.0 Å². The molecule has 8 heteroatoms. The van der Waals surface area contributed by atoms with E-state index >= 15 is 0 Å². The van der Waals surface area contributed by atoms with Gasteiger partial charge < -0.3 is 4.57 Å². The van der Waals surface area contributed by atoms with E-state index in [1.165, 1.54) is 0 Å². The second kappa shape index (κ2) is 18.2. The predicted molar refractivity (Wildman–Crippen MR) is 284 cm³/mol. The van der Waals surface area contributed by atoms with Gasteiger partial charge in [-0.3, -0.25) is 0 Å². The molecule has 12 aromatic rings. The molecule has 9 aromatic carbocycles. The number of nitriles is 1. The summed E-state index contributed by atoms with van der Waals surface area (Å²) in [6.07, 6.45) is 0. The second-order valence-corrected chi connectivity index (χ2v) is 17.1. The average molecular weight is 907 g/mol. The summed E-state index contributed by atoms with van der Waals surface area (Å²) in [7, 11) is 0. The first-order valence-electron chi connectivity index (χ1n) is 23.2. The zero-order valence-electron chi connectivity index (χ0n) is 38.0. The number of fused-ring (bicyclic) bond motifs is 3. The Morgan fingerprint density at radius 2 is 0.817 bits per heavy atom. The van der Waals surface area contributed by atoms with E-state index in [9.17, 15) is 5.26 Å². The molecule has 0 spiro atoms. The molecule has 330 valence electrons. The van der Waals surface area contributed by atoms with Crippen LogP contribution >= 0.6 is 0 Å². The summed E-state index contributed by atoms with van der Waals surface area (Å²) < 4.78 is 2.28. The van der Waals surface area contributed by atoms with Gasteiger partial charge in [-0.2, -0.15) is 5.26 Å². The van der Waals surface area contributed by atoms with Crippen LogP contribution in [0.5, 0.6) is 0 Å². The SMILES string of the molecule is [C-]#[N+]c1cccc(-c2ccc3c(c2)c2cc(-c4cccc(C#N)c4)ccc2n3-c2ccc(-c3nc(-c4ccccc4)cc(-c4ccccc4)n3)cc2-c2nc(-c3ccccc3)nc(-c3ccccc3)n2)c1. The molecule has 0 aliphatic heterocycles. The molecule has 3 heterocycles. The van der Waals surface area contributed by atoms with Crippen LogP contribution in [0.1, 0.15) is 5.56 Å². The van der Waals surface area contributed by atoms with Crippen molar-refractivity contribution >= 4 is 27.5 Å². The van der Waals surface area contributed by atoms with Crippen LogP contribution in [0, 0.1) is 17.9 Å². The van der Waals surface area contributed by atoms with Crippen molar-refractivity contribution in [2.45, 2.75) is 0 Å². The number of hydrogen-bond donors (Lipinski definition) is 0. The van der Waals surface area contributed by atoms with E-state index in [4.69, 9.17) is 31.5 Å². The van der Waals surface area contributed by atoms with E-state index in [0.29, 0.717) is 34.5 Å². The average Bonchev–Trinajstić information content (AvgIpc) is 3.78. The van der Waals surface area contributed by atoms with Crippen LogP contribution in [-0.4, -0.2) is 29.5 Å². The van der Waals surface area contributed by atoms with Crippen molar-refractivity contribution in [1.82, 2.24) is 29.5 Å². The first-order valence-corrected chi connectivity index (χ1v) is 23.2. The molecule has 0 bridgehead atoms. The minimum absolute atomic E-state index is 0.476. The molecule has 0 aliphatic rings. The quantitative estimate of drug-likeness (QED) is 0.134. The minimum atomic E-state index is 0.476. The number of nitrogens with zero attached hydrogens (tertiary/aromatic N) is 8. The maximum absolute atomic E-state index is 9.84. The third-order valence-electron chi connectivity index (χ3n) is 12.7. The maximum atomic E-state index is 9.84. The van der Waals surface area contributed by atoms with Gasteiger partial charge in [0.2, 0.25) is 0 Å². The summed E-state index contributed by atoms with van der Waals surface area (Å²) in [5.74, 6) is 2.11. The van der Waals surface area contributed by atoms with Gasteiger partial charge in [0.15, 0.2) is 29.0 Å². The lowest BCUT2D eigenvalue weighted by atomic mass is 9.99. The van der Waals surface area contributed by atoms with E-state index in [-0.39, 0.29) is 0 Å². The standard InChI is InChI=1S/C63H38N8/c1-65-51-27-15-26-47(35-51)49-29-32-58-53(37-49)52-36-48(46-25-14-16-41(34-46)40-64)28-31-57(52)71(58)59-33-30-50(62-66-55(42-17-6-2-7-18-42)39-56(67-62)43-19-8-3-9-20-43)38-54(59)63-69-60(44-21-10-4-11-22-44)68-61(70-63)45-23-12-5-13-24-45/h2-39H. The van der Waals surface area contributed by atoms with Gasteiger partial charge in [0.05, 0.1) is 46.3 Å². The van der Waals surface area contributed by atoms with Gasteiger partial charge in [0, 0.05) is 44.2 Å². The van der Waals surface area contributed by atoms with Crippen LogP contribution in [-0.2, 0) is 0 Å². The van der Waals surface area contributed by atoms with E-state index in [1.807, 2.05) is 152 Å². The number of hydrogen-bond acceptors (Lipinski definition) is 6. The number of benzene rings is 9. The van der Waals surface area contributed by atoms with Crippen LogP contribution < -0.4 is 0 Å². The van der Waals surface area contributed by atoms with Crippen molar-refractivity contribution in [2.24, 2.45) is 0 Å². The highest BCUT2D eigenvalue weighted by Crippen LogP contribution is 2.41. The summed E-state index contributed by atoms with van der Waals surface area (Å²) in [6.45, 7) is 7.74. The maximum Gasteiger partial charge on any atom is 0.187 e. The summed E-state index contributed by atoms with van der Waals surface area (Å²) in [6, 6.07) is 79.4. The minimum Gasteiger partial charge on any atom is -0.308 e. The molecule has 0 atom stereocenters. The second-order valence-electron chi connectivity index (χ2n) is 17.1. The topological polar surface area (TPSA) is 97.5 Å². The van der Waals surface area contributed by atoms with E-state index in [2.05, 4.69) is 94.3 Å². The lowest BCUT2D eigenvalue weighted by molar-refractivity contribution is 1.06. The molecule has 71 heavy (non-hydrogen) atoms. The molecule has 0 saturated heterocycles. The van der Waals surface area contributed by atoms with Crippen LogP contribution in [0.2, 0.25) is 0 Å². The summed E-state index contributed by atoms with van der Waals surface area (Å²) in [5.41, 5.74) is 14.6. The lowest BCUT2D eigenvalue weighted by Gasteiger charge is -2.17. The first kappa shape index (κ1) is 42.2. The highest BCUT2D eigenvalue weighted by Gasteiger charge is 2.23. The molecular formula is C63H38N8. The van der Waals surface area contributed by atoms with Crippen molar-refractivity contribution < 1.29 is 0 Å². The Bertz CT molecular complexity index is 3830. The first-order chi connectivity index (χ1) is 35.1. The molecule has 0 N–H and O–H groups in total. The summed E-state index contributed by atoms with van der Waals surface area (Å²) >= 11 is 0. The molecule has 3 aromatic heterocycles. The van der Waals surface area contributed by atoms with Crippen LogP contribution in [0.4, 0.5) is 5.69 Å². The zero-order valence-corrected chi connectivity index (χ0v) is 38.0. The van der Waals surface area contributed by atoms with E-state index < -0.39 is 0 Å². The number of aromatic nitrogens is 6. The Balaban J connectivity index is 1.15. The Hall–Kier alpha value is -10.2. The lowest BCUT2D eigenvalue weighted by Crippen LogP contribution is -2.04. The predicted octanol–water partition coefficient (Wildman–Crippen LogP) is 15.5. The van der Waals surface area contributed by atoms with Crippen molar-refractivity contribution in [3.05, 3.63) is 248 Å². The highest BCUT2D eigenvalue weighted by molar-refractivity contribution is 6.12. The van der Waals surface area contributed by atoms with Gasteiger partial charge in [-0.1, -0.05) is 164 Å². The van der Waals surface area contributed by atoms with Gasteiger partial charge in [0.1, 0.15) is 0 Å². The molecule has 0 unspecified atom stereocenters. The third-order valence-corrected chi connectivity index (χ3v) is 12.7. The Morgan fingerprint density at radius 1 is 0.366 bits per heavy atom. The van der Waals surface area contributed by atoms with Crippen molar-refractivity contribution in [3.63, 3.8) is 0 Å².